The van der Waals surface area contributed by atoms with Gasteiger partial charge in [0.15, 0.2) is 0 Å². The van der Waals surface area contributed by atoms with Gasteiger partial charge in [0, 0.05) is 49.0 Å². The maximum absolute atomic E-state index is 12.2. The van der Waals surface area contributed by atoms with Gasteiger partial charge in [-0.05, 0) is 0 Å². The number of halogens is 1. The van der Waals surface area contributed by atoms with E-state index in [2.05, 4.69) is 6.08 Å². The molecule has 3 atom stereocenters. The monoisotopic (exact) mass is 252 g/mol. The highest BCUT2D eigenvalue weighted by atomic mass is 35.5. The molecule has 0 unspecified atom stereocenters. The predicted molar refractivity (Wildman–Crippen MR) is 65.6 cm³/mol. The maximum atomic E-state index is 12.2. The molecule has 0 saturated carbocycles. The van der Waals surface area contributed by atoms with Crippen molar-refractivity contribution in [1.29, 1.82) is 0 Å². The molecule has 1 aromatic heterocycles. The van der Waals surface area contributed by atoms with Crippen molar-refractivity contribution in [2.45, 2.75) is 17.7 Å². The third-order valence-corrected chi connectivity index (χ3v) is 4.36. The molecule has 90 valence electrons. The second-order valence-electron chi connectivity index (χ2n) is 4.77. The molecule has 0 saturated heterocycles. The van der Waals surface area contributed by atoms with E-state index in [1.807, 2.05) is 6.08 Å². The van der Waals surface area contributed by atoms with Gasteiger partial charge < -0.3 is 4.57 Å². The largest absolute Gasteiger partial charge is 0.330 e. The Hall–Kier alpha value is -1.29. The van der Waals surface area contributed by atoms with Crippen LogP contribution >= 0.6 is 11.6 Å². The molecule has 17 heavy (non-hydrogen) atoms. The lowest BCUT2D eigenvalue weighted by Crippen LogP contribution is -2.47. The van der Waals surface area contributed by atoms with Gasteiger partial charge in [0.05, 0.1) is 0 Å². The lowest BCUT2D eigenvalue weighted by molar-refractivity contribution is 0.436. The SMILES string of the molecule is Cn1c2c(c(=O)n(C)c1=O)[C@H]1C=C[C@H]1[C@@H](Cl)C2. The van der Waals surface area contributed by atoms with Crippen molar-refractivity contribution in [3.8, 4) is 0 Å². The zero-order valence-electron chi connectivity index (χ0n) is 9.68. The van der Waals surface area contributed by atoms with Crippen molar-refractivity contribution in [2.75, 3.05) is 0 Å². The summed E-state index contributed by atoms with van der Waals surface area (Å²) in [5.74, 6) is 0.334. The summed E-state index contributed by atoms with van der Waals surface area (Å²) >= 11 is 6.28. The van der Waals surface area contributed by atoms with E-state index in [1.54, 1.807) is 11.6 Å². The molecule has 0 bridgehead atoms. The van der Waals surface area contributed by atoms with Crippen LogP contribution in [0.3, 0.4) is 0 Å². The van der Waals surface area contributed by atoms with Gasteiger partial charge in [0.25, 0.3) is 5.56 Å². The van der Waals surface area contributed by atoms with E-state index in [-0.39, 0.29) is 28.5 Å². The standard InChI is InChI=1S/C12H13ClN2O2/c1-14-9-5-8(13)6-3-4-7(6)10(9)11(16)15(2)12(14)17/h3-4,6-8H,5H2,1-2H3/t6-,7+,8+/m1/s1. The zero-order valence-corrected chi connectivity index (χ0v) is 10.4. The van der Waals surface area contributed by atoms with Crippen LogP contribution in [0.2, 0.25) is 0 Å². The lowest BCUT2D eigenvalue weighted by Gasteiger charge is -2.39. The van der Waals surface area contributed by atoms with E-state index in [0.29, 0.717) is 6.42 Å². The van der Waals surface area contributed by atoms with E-state index < -0.39 is 0 Å². The van der Waals surface area contributed by atoms with Crippen LogP contribution < -0.4 is 11.2 Å². The number of hydrogen-bond donors (Lipinski definition) is 0. The Kier molecular flexibility index (Phi) is 2.14. The molecule has 0 N–H and O–H groups in total. The van der Waals surface area contributed by atoms with Crippen molar-refractivity contribution in [1.82, 2.24) is 9.13 Å². The first kappa shape index (κ1) is 10.8. The first-order chi connectivity index (χ1) is 8.02. The summed E-state index contributed by atoms with van der Waals surface area (Å²) in [7, 11) is 3.22. The van der Waals surface area contributed by atoms with Gasteiger partial charge in [-0.2, -0.15) is 0 Å². The van der Waals surface area contributed by atoms with Crippen LogP contribution in [0.25, 0.3) is 0 Å². The third-order valence-electron chi connectivity index (χ3n) is 3.92. The molecule has 0 aromatic carbocycles. The smallest absolute Gasteiger partial charge is 0.300 e. The Balaban J connectivity index is 2.37. The first-order valence-electron chi connectivity index (χ1n) is 5.63. The van der Waals surface area contributed by atoms with Crippen LogP contribution in [0.5, 0.6) is 0 Å². The van der Waals surface area contributed by atoms with Gasteiger partial charge in [-0.15, -0.1) is 11.6 Å². The average molecular weight is 253 g/mol. The summed E-state index contributed by atoms with van der Waals surface area (Å²) in [5.41, 5.74) is 1.09. The highest BCUT2D eigenvalue weighted by Crippen LogP contribution is 2.44. The fourth-order valence-electron chi connectivity index (χ4n) is 2.80. The zero-order chi connectivity index (χ0) is 12.3. The van der Waals surface area contributed by atoms with Crippen LogP contribution in [0.1, 0.15) is 17.2 Å². The first-order valence-corrected chi connectivity index (χ1v) is 6.07. The molecule has 2 aliphatic rings. The molecule has 0 aliphatic heterocycles. The molecule has 0 fully saturated rings. The molecule has 1 aromatic rings. The van der Waals surface area contributed by atoms with Crippen molar-refractivity contribution in [2.24, 2.45) is 20.0 Å². The van der Waals surface area contributed by atoms with Gasteiger partial charge >= 0.3 is 5.69 Å². The highest BCUT2D eigenvalue weighted by molar-refractivity contribution is 6.21. The minimum atomic E-state index is -0.278. The summed E-state index contributed by atoms with van der Waals surface area (Å²) in [6.07, 6.45) is 4.64. The molecular formula is C12H13ClN2O2. The van der Waals surface area contributed by atoms with Crippen molar-refractivity contribution >= 4 is 11.6 Å². The van der Waals surface area contributed by atoms with Crippen LogP contribution in [-0.4, -0.2) is 14.5 Å². The Labute approximate surface area is 103 Å². The van der Waals surface area contributed by atoms with E-state index in [1.165, 1.54) is 11.6 Å². The topological polar surface area (TPSA) is 44.0 Å². The van der Waals surface area contributed by atoms with Crippen LogP contribution in [0.4, 0.5) is 0 Å². The van der Waals surface area contributed by atoms with Crippen LogP contribution in [0, 0.1) is 5.92 Å². The number of fused-ring (bicyclic) bond motifs is 3. The minimum Gasteiger partial charge on any atom is -0.300 e. The Bertz CT molecular complexity index is 641. The van der Waals surface area contributed by atoms with Crippen molar-refractivity contribution in [3.63, 3.8) is 0 Å². The fourth-order valence-corrected chi connectivity index (χ4v) is 3.19. The van der Waals surface area contributed by atoms with Gasteiger partial charge in [-0.3, -0.25) is 9.36 Å². The second-order valence-corrected chi connectivity index (χ2v) is 5.33. The lowest BCUT2D eigenvalue weighted by atomic mass is 9.70. The molecule has 0 spiro atoms. The molecule has 2 aliphatic carbocycles. The highest BCUT2D eigenvalue weighted by Gasteiger charge is 2.40. The summed E-state index contributed by atoms with van der Waals surface area (Å²) < 4.78 is 2.73. The Morgan fingerprint density at radius 2 is 1.94 bits per heavy atom. The molecule has 4 nitrogen and oxygen atoms in total. The maximum Gasteiger partial charge on any atom is 0.330 e. The summed E-state index contributed by atoms with van der Waals surface area (Å²) in [6, 6.07) is 0. The molecule has 0 amide bonds. The van der Waals surface area contributed by atoms with Gasteiger partial charge in [0.1, 0.15) is 0 Å². The van der Waals surface area contributed by atoms with E-state index in [9.17, 15) is 9.59 Å². The van der Waals surface area contributed by atoms with Crippen LogP contribution in [-0.2, 0) is 20.5 Å². The number of allylic oxidation sites excluding steroid dienone is 2. The molecule has 5 heteroatoms. The number of rotatable bonds is 0. The van der Waals surface area contributed by atoms with Crippen molar-refractivity contribution in [3.05, 3.63) is 44.2 Å². The molecule has 1 heterocycles. The number of nitrogens with zero attached hydrogens (tertiary/aromatic N) is 2. The fraction of sp³-hybridized carbons (Fsp3) is 0.500. The summed E-state index contributed by atoms with van der Waals surface area (Å²) in [5, 5.41) is -0.0183. The molecule has 3 rings (SSSR count). The minimum absolute atomic E-state index is 0.0183. The summed E-state index contributed by atoms with van der Waals surface area (Å²) in [6.45, 7) is 0. The Morgan fingerprint density at radius 1 is 1.24 bits per heavy atom. The summed E-state index contributed by atoms with van der Waals surface area (Å²) in [4.78, 5) is 24.0. The molecule has 0 radical (unpaired) electrons. The normalized spacial score (nSPS) is 29.5. The van der Waals surface area contributed by atoms with Gasteiger partial charge in [-0.1, -0.05) is 12.2 Å². The third kappa shape index (κ3) is 1.24. The number of hydrogen-bond acceptors (Lipinski definition) is 2. The second kappa shape index (κ2) is 3.35. The van der Waals surface area contributed by atoms with E-state index in [0.717, 1.165) is 11.3 Å². The van der Waals surface area contributed by atoms with Gasteiger partial charge in [0.2, 0.25) is 0 Å². The van der Waals surface area contributed by atoms with Gasteiger partial charge in [-0.25, -0.2) is 4.79 Å². The van der Waals surface area contributed by atoms with E-state index >= 15 is 0 Å². The van der Waals surface area contributed by atoms with Crippen LogP contribution in [0.15, 0.2) is 21.7 Å². The Morgan fingerprint density at radius 3 is 2.53 bits per heavy atom. The quantitative estimate of drug-likeness (QED) is 0.499. The number of alkyl halides is 1. The van der Waals surface area contributed by atoms with E-state index in [4.69, 9.17) is 11.6 Å². The van der Waals surface area contributed by atoms with Crippen molar-refractivity contribution < 1.29 is 0 Å². The predicted octanol–water partition coefficient (Wildman–Crippen LogP) is 0.517. The average Bonchev–Trinajstić information content (AvgIpc) is 2.25. The number of aromatic nitrogens is 2. The molecular weight excluding hydrogens is 240 g/mol.